The molecule has 5 N–H and O–H groups in total. The van der Waals surface area contributed by atoms with Gasteiger partial charge in [-0.1, -0.05) is 36.4 Å². The van der Waals surface area contributed by atoms with Gasteiger partial charge in [0.15, 0.2) is 0 Å². The van der Waals surface area contributed by atoms with Gasteiger partial charge in [-0.3, -0.25) is 0 Å². The van der Waals surface area contributed by atoms with Gasteiger partial charge in [-0.05, 0) is 37.5 Å². The second-order valence-electron chi connectivity index (χ2n) is 8.90. The summed E-state index contributed by atoms with van der Waals surface area (Å²) >= 11 is 0. The van der Waals surface area contributed by atoms with Gasteiger partial charge >= 0.3 is 12.1 Å². The van der Waals surface area contributed by atoms with Crippen LogP contribution in [-0.4, -0.2) is 57.8 Å². The number of piperidine rings is 1. The van der Waals surface area contributed by atoms with Crippen LogP contribution in [-0.2, 0) is 16.1 Å². The van der Waals surface area contributed by atoms with E-state index in [0.717, 1.165) is 48.6 Å². The predicted molar refractivity (Wildman–Crippen MR) is 139 cm³/mol. The van der Waals surface area contributed by atoms with Crippen molar-refractivity contribution in [3.63, 3.8) is 0 Å². The highest BCUT2D eigenvalue weighted by molar-refractivity contribution is 5.80. The maximum atomic E-state index is 12.1. The van der Waals surface area contributed by atoms with E-state index in [1.54, 1.807) is 6.07 Å². The van der Waals surface area contributed by atoms with E-state index < -0.39 is 18.1 Å². The van der Waals surface area contributed by atoms with Crippen molar-refractivity contribution in [2.45, 2.75) is 38.3 Å². The fraction of sp³-hybridized carbons (Fsp3) is 0.346. The minimum atomic E-state index is -1.21. The van der Waals surface area contributed by atoms with E-state index in [9.17, 15) is 14.7 Å². The molecule has 0 radical (unpaired) electrons. The summed E-state index contributed by atoms with van der Waals surface area (Å²) in [5.74, 6) is 0.978. The highest BCUT2D eigenvalue weighted by Gasteiger charge is 2.25. The molecule has 3 heterocycles. The Morgan fingerprint density at radius 1 is 1.14 bits per heavy atom. The summed E-state index contributed by atoms with van der Waals surface area (Å²) < 4.78 is 5.15. The maximum Gasteiger partial charge on any atom is 0.408 e. The fourth-order valence-electron chi connectivity index (χ4n) is 4.33. The molecule has 11 heteroatoms. The Morgan fingerprint density at radius 3 is 2.59 bits per heavy atom. The number of amides is 1. The lowest BCUT2D eigenvalue weighted by molar-refractivity contribution is -0.139. The van der Waals surface area contributed by atoms with Crippen molar-refractivity contribution in [1.29, 1.82) is 0 Å². The minimum Gasteiger partial charge on any atom is -0.480 e. The Kier molecular flexibility index (Phi) is 8.34. The van der Waals surface area contributed by atoms with E-state index in [1.807, 2.05) is 49.4 Å². The minimum absolute atomic E-state index is 0.0469. The molecule has 0 unspecified atom stereocenters. The number of carboxylic acid groups (broad SMARTS) is 1. The monoisotopic (exact) mass is 505 g/mol. The SMILES string of the molecule is Cc1c(NC[C@H](NC(=O)OCc2ccccc2)C(=O)O)ncnc1N1CCC(c2cccc(N)n2)CC1. The summed E-state index contributed by atoms with van der Waals surface area (Å²) in [6, 6.07) is 13.7. The van der Waals surface area contributed by atoms with E-state index >= 15 is 0 Å². The van der Waals surface area contributed by atoms with E-state index in [0.29, 0.717) is 17.6 Å². The number of carbonyl (C=O) groups is 2. The smallest absolute Gasteiger partial charge is 0.408 e. The van der Waals surface area contributed by atoms with Crippen LogP contribution in [0.15, 0.2) is 54.9 Å². The van der Waals surface area contributed by atoms with Gasteiger partial charge in [0.1, 0.15) is 36.4 Å². The highest BCUT2D eigenvalue weighted by Crippen LogP contribution is 2.31. The fourth-order valence-corrected chi connectivity index (χ4v) is 4.33. The van der Waals surface area contributed by atoms with Crippen LogP contribution < -0.4 is 21.3 Å². The molecule has 1 aliphatic heterocycles. The molecule has 1 saturated heterocycles. The number of nitrogens with two attached hydrogens (primary N) is 1. The first-order chi connectivity index (χ1) is 17.9. The predicted octanol–water partition coefficient (Wildman–Crippen LogP) is 2.94. The van der Waals surface area contributed by atoms with Gasteiger partial charge in [0.25, 0.3) is 0 Å². The number of nitrogens with zero attached hydrogens (tertiary/aromatic N) is 4. The summed E-state index contributed by atoms with van der Waals surface area (Å²) in [6.07, 6.45) is 2.47. The van der Waals surface area contributed by atoms with Crippen molar-refractivity contribution in [3.8, 4) is 0 Å². The molecule has 1 atom stereocenters. The van der Waals surface area contributed by atoms with E-state index in [2.05, 4.69) is 30.5 Å². The number of ether oxygens (including phenoxy) is 1. The van der Waals surface area contributed by atoms with Crippen molar-refractivity contribution >= 4 is 29.5 Å². The van der Waals surface area contributed by atoms with Crippen LogP contribution in [0.1, 0.15) is 35.6 Å². The molecule has 1 amide bonds. The summed E-state index contributed by atoms with van der Waals surface area (Å²) in [5, 5.41) is 15.0. The molecule has 3 aromatic rings. The van der Waals surface area contributed by atoms with Gasteiger partial charge < -0.3 is 31.1 Å². The molecule has 0 spiro atoms. The molecule has 1 aromatic carbocycles. The van der Waals surface area contributed by atoms with Crippen molar-refractivity contribution in [2.75, 3.05) is 35.6 Å². The van der Waals surface area contributed by atoms with Crippen molar-refractivity contribution in [3.05, 3.63) is 71.7 Å². The number of hydrogen-bond donors (Lipinski definition) is 4. The van der Waals surface area contributed by atoms with Crippen molar-refractivity contribution < 1.29 is 19.4 Å². The first-order valence-corrected chi connectivity index (χ1v) is 12.1. The first kappa shape index (κ1) is 25.7. The van der Waals surface area contributed by atoms with Gasteiger partial charge in [0, 0.05) is 36.8 Å². The topological polar surface area (TPSA) is 156 Å². The number of carbonyl (C=O) groups excluding carboxylic acids is 1. The number of hydrogen-bond acceptors (Lipinski definition) is 9. The first-order valence-electron chi connectivity index (χ1n) is 12.1. The zero-order valence-electron chi connectivity index (χ0n) is 20.6. The zero-order valence-corrected chi connectivity index (χ0v) is 20.6. The van der Waals surface area contributed by atoms with Crippen LogP contribution in [0.5, 0.6) is 0 Å². The number of aromatic nitrogens is 3. The standard InChI is InChI=1S/C26H31N7O4/c1-17-23(28-14-21(25(34)35)32-26(36)37-15-18-6-3-2-4-7-18)29-16-30-24(17)33-12-10-19(11-13-33)20-8-5-9-22(27)31-20/h2-9,16,19,21H,10-15H2,1H3,(H2,27,31)(H,32,36)(H,34,35)(H,28,29,30)/t21-/m0/s1. The normalized spacial score (nSPS) is 14.6. The summed E-state index contributed by atoms with van der Waals surface area (Å²) in [4.78, 5) is 39.3. The Hall–Kier alpha value is -4.41. The summed E-state index contributed by atoms with van der Waals surface area (Å²) in [7, 11) is 0. The Balaban J connectivity index is 1.32. The average Bonchev–Trinajstić information content (AvgIpc) is 2.91. The van der Waals surface area contributed by atoms with Gasteiger partial charge in [-0.25, -0.2) is 24.5 Å². The van der Waals surface area contributed by atoms with E-state index in [1.165, 1.54) is 6.33 Å². The van der Waals surface area contributed by atoms with E-state index in [-0.39, 0.29) is 13.2 Å². The molecular formula is C26H31N7O4. The number of nitrogens with one attached hydrogen (secondary N) is 2. The Bertz CT molecular complexity index is 1220. The number of anilines is 3. The van der Waals surface area contributed by atoms with Crippen molar-refractivity contribution in [2.24, 2.45) is 0 Å². The molecule has 1 aliphatic rings. The van der Waals surface area contributed by atoms with Crippen LogP contribution in [0.25, 0.3) is 0 Å². The molecule has 2 aromatic heterocycles. The zero-order chi connectivity index (χ0) is 26.2. The van der Waals surface area contributed by atoms with Crippen LogP contribution in [0.4, 0.5) is 22.2 Å². The second-order valence-corrected chi connectivity index (χ2v) is 8.90. The van der Waals surface area contributed by atoms with Gasteiger partial charge in [0.05, 0.1) is 0 Å². The Morgan fingerprint density at radius 2 is 1.89 bits per heavy atom. The third-order valence-electron chi connectivity index (χ3n) is 6.34. The molecule has 0 aliphatic carbocycles. The number of carboxylic acids is 1. The number of benzene rings is 1. The summed E-state index contributed by atoms with van der Waals surface area (Å²) in [5.41, 5.74) is 8.46. The van der Waals surface area contributed by atoms with Gasteiger partial charge in [-0.2, -0.15) is 0 Å². The molecule has 194 valence electrons. The molecular weight excluding hydrogens is 474 g/mol. The number of pyridine rings is 1. The molecule has 37 heavy (non-hydrogen) atoms. The number of nitrogen functional groups attached to an aromatic ring is 1. The van der Waals surface area contributed by atoms with E-state index in [4.69, 9.17) is 10.5 Å². The number of rotatable bonds is 9. The average molecular weight is 506 g/mol. The van der Waals surface area contributed by atoms with Crippen LogP contribution in [0.2, 0.25) is 0 Å². The van der Waals surface area contributed by atoms with Gasteiger partial charge in [0.2, 0.25) is 0 Å². The summed E-state index contributed by atoms with van der Waals surface area (Å²) in [6.45, 7) is 3.46. The second kappa shape index (κ2) is 12.0. The third kappa shape index (κ3) is 6.84. The highest BCUT2D eigenvalue weighted by atomic mass is 16.5. The molecule has 11 nitrogen and oxygen atoms in total. The Labute approximate surface area is 215 Å². The molecule has 0 saturated carbocycles. The quantitative estimate of drug-likeness (QED) is 0.341. The lowest BCUT2D eigenvalue weighted by Crippen LogP contribution is -2.45. The van der Waals surface area contributed by atoms with Crippen LogP contribution in [0, 0.1) is 6.92 Å². The van der Waals surface area contributed by atoms with Crippen LogP contribution >= 0.6 is 0 Å². The number of alkyl carbamates (subject to hydrolysis) is 1. The van der Waals surface area contributed by atoms with Gasteiger partial charge in [-0.15, -0.1) is 0 Å². The third-order valence-corrected chi connectivity index (χ3v) is 6.34. The number of aliphatic carboxylic acids is 1. The molecule has 4 rings (SSSR count). The lowest BCUT2D eigenvalue weighted by Gasteiger charge is -2.33. The van der Waals surface area contributed by atoms with Crippen molar-refractivity contribution in [1.82, 2.24) is 20.3 Å². The maximum absolute atomic E-state index is 12.1. The largest absolute Gasteiger partial charge is 0.480 e. The lowest BCUT2D eigenvalue weighted by atomic mass is 9.93. The van der Waals surface area contributed by atoms with Crippen LogP contribution in [0.3, 0.4) is 0 Å². The molecule has 1 fully saturated rings. The molecule has 0 bridgehead atoms.